The van der Waals surface area contributed by atoms with Gasteiger partial charge < -0.3 is 10.8 Å². The normalized spacial score (nSPS) is 12.0. The van der Waals surface area contributed by atoms with E-state index in [-0.39, 0.29) is 16.2 Å². The highest BCUT2D eigenvalue weighted by molar-refractivity contribution is 6.05. The van der Waals surface area contributed by atoms with Gasteiger partial charge in [-0.3, -0.25) is 0 Å². The van der Waals surface area contributed by atoms with Crippen LogP contribution < -0.4 is 0 Å². The molecule has 0 fully saturated rings. The van der Waals surface area contributed by atoms with Crippen LogP contribution >= 0.6 is 0 Å². The minimum absolute atomic E-state index is 0.121. The predicted octanol–water partition coefficient (Wildman–Crippen LogP) is 9.92. The standard InChI is InChI=1S/C15H23N.C13H23N.C2H6/c1-7-9-11-13(10-8-2)14(16)15(5,6)12(3)4;1-8-9-12(4,5)11(14)13(6,7)10(2)3;1-2/h8-11,16H,2-3,7H2,1,4-6H3;8,14H,1-2,9H2,3-7H3;1-2H3/b11-9-,13-10+,16-14?;;. The van der Waals surface area contributed by atoms with Gasteiger partial charge in [-0.15, -0.1) is 6.58 Å². The quantitative estimate of drug-likeness (QED) is 0.182. The fraction of sp³-hybridized carbons (Fsp3) is 0.533. The first-order valence-corrected chi connectivity index (χ1v) is 11.6. The summed E-state index contributed by atoms with van der Waals surface area (Å²) in [6.45, 7) is 37.7. The van der Waals surface area contributed by atoms with Crippen molar-refractivity contribution in [3.05, 3.63) is 73.4 Å². The molecular weight excluding hydrogens is 388 g/mol. The van der Waals surface area contributed by atoms with E-state index in [1.807, 2.05) is 59.8 Å². The maximum Gasteiger partial charge on any atom is 0.0482 e. The Morgan fingerprint density at radius 3 is 1.59 bits per heavy atom. The molecule has 0 aromatic carbocycles. The highest BCUT2D eigenvalue weighted by Gasteiger charge is 2.34. The molecular formula is C30H52N2. The van der Waals surface area contributed by atoms with Crippen molar-refractivity contribution in [3.8, 4) is 0 Å². The Bertz CT molecular complexity index is 722. The van der Waals surface area contributed by atoms with E-state index in [1.54, 1.807) is 6.08 Å². The second kappa shape index (κ2) is 15.6. The first-order chi connectivity index (χ1) is 14.5. The summed E-state index contributed by atoms with van der Waals surface area (Å²) in [6, 6.07) is 0. The molecule has 2 N–H and O–H groups in total. The summed E-state index contributed by atoms with van der Waals surface area (Å²) in [7, 11) is 0. The molecule has 0 spiro atoms. The Labute approximate surface area is 201 Å². The lowest BCUT2D eigenvalue weighted by Gasteiger charge is -2.36. The SMILES string of the molecule is C=C/C=C(\C=C/CC)C(=N)C(C)(C)C(=C)C.C=CCC(C)(C)C(=N)C(C)(C)C(=C)C.CC. The Kier molecular flexibility index (Phi) is 16.7. The molecule has 0 rings (SSSR count). The van der Waals surface area contributed by atoms with E-state index in [4.69, 9.17) is 10.8 Å². The van der Waals surface area contributed by atoms with Gasteiger partial charge in [-0.25, -0.2) is 0 Å². The molecule has 0 saturated carbocycles. The minimum atomic E-state index is -0.299. The van der Waals surface area contributed by atoms with E-state index in [9.17, 15) is 0 Å². The van der Waals surface area contributed by atoms with Crippen molar-refractivity contribution in [2.75, 3.05) is 0 Å². The molecule has 182 valence electrons. The molecule has 2 nitrogen and oxygen atoms in total. The van der Waals surface area contributed by atoms with Crippen LogP contribution in [0.5, 0.6) is 0 Å². The van der Waals surface area contributed by atoms with E-state index >= 15 is 0 Å². The Hall–Kier alpha value is -2.22. The highest BCUT2D eigenvalue weighted by atomic mass is 14.6. The molecule has 0 bridgehead atoms. The maximum absolute atomic E-state index is 8.23. The van der Waals surface area contributed by atoms with Gasteiger partial charge in [-0.2, -0.15) is 0 Å². The van der Waals surface area contributed by atoms with Gasteiger partial charge in [0, 0.05) is 27.7 Å². The van der Waals surface area contributed by atoms with Crippen LogP contribution in [0.1, 0.15) is 89.0 Å². The lowest BCUT2D eigenvalue weighted by atomic mass is 9.68. The molecule has 0 saturated heterocycles. The molecule has 0 aliphatic carbocycles. The van der Waals surface area contributed by atoms with Gasteiger partial charge >= 0.3 is 0 Å². The Morgan fingerprint density at radius 1 is 0.844 bits per heavy atom. The number of rotatable bonds is 11. The zero-order valence-electron chi connectivity index (χ0n) is 23.1. The fourth-order valence-corrected chi connectivity index (χ4v) is 2.69. The van der Waals surface area contributed by atoms with Crippen LogP contribution in [0.3, 0.4) is 0 Å². The number of hydrogen-bond donors (Lipinski definition) is 2. The summed E-state index contributed by atoms with van der Waals surface area (Å²) in [5.41, 5.74) is 3.63. The fourth-order valence-electron chi connectivity index (χ4n) is 2.69. The van der Waals surface area contributed by atoms with Crippen LogP contribution in [0, 0.1) is 27.1 Å². The van der Waals surface area contributed by atoms with Gasteiger partial charge in [-0.1, -0.05) is 124 Å². The Morgan fingerprint density at radius 2 is 1.28 bits per heavy atom. The summed E-state index contributed by atoms with van der Waals surface area (Å²) < 4.78 is 0. The number of nitrogens with one attached hydrogen (secondary N) is 2. The van der Waals surface area contributed by atoms with Gasteiger partial charge in [0.15, 0.2) is 0 Å². The van der Waals surface area contributed by atoms with E-state index in [2.05, 4.69) is 67.0 Å². The summed E-state index contributed by atoms with van der Waals surface area (Å²) >= 11 is 0. The van der Waals surface area contributed by atoms with Crippen molar-refractivity contribution in [1.29, 1.82) is 10.8 Å². The second-order valence-electron chi connectivity index (χ2n) is 9.61. The average Bonchev–Trinajstić information content (AvgIpc) is 2.71. The molecule has 0 aromatic heterocycles. The molecule has 0 atom stereocenters. The van der Waals surface area contributed by atoms with Gasteiger partial charge in [0.2, 0.25) is 0 Å². The first-order valence-electron chi connectivity index (χ1n) is 11.6. The van der Waals surface area contributed by atoms with Crippen molar-refractivity contribution >= 4 is 11.4 Å². The van der Waals surface area contributed by atoms with Crippen LogP contribution in [-0.2, 0) is 0 Å². The monoisotopic (exact) mass is 440 g/mol. The average molecular weight is 441 g/mol. The smallest absolute Gasteiger partial charge is 0.0482 e. The molecule has 0 aromatic rings. The summed E-state index contributed by atoms with van der Waals surface area (Å²) in [6.07, 6.45) is 11.3. The van der Waals surface area contributed by atoms with Crippen LogP contribution in [0.4, 0.5) is 0 Å². The third-order valence-corrected chi connectivity index (χ3v) is 5.83. The minimum Gasteiger partial charge on any atom is -0.308 e. The topological polar surface area (TPSA) is 47.7 Å². The molecule has 0 amide bonds. The summed E-state index contributed by atoms with van der Waals surface area (Å²) in [5, 5.41) is 16.5. The van der Waals surface area contributed by atoms with E-state index < -0.39 is 0 Å². The molecule has 0 heterocycles. The zero-order valence-corrected chi connectivity index (χ0v) is 23.1. The van der Waals surface area contributed by atoms with Crippen LogP contribution in [0.15, 0.2) is 73.4 Å². The van der Waals surface area contributed by atoms with E-state index in [0.29, 0.717) is 5.71 Å². The highest BCUT2D eigenvalue weighted by Crippen LogP contribution is 2.37. The third-order valence-electron chi connectivity index (χ3n) is 5.83. The molecule has 0 aliphatic rings. The van der Waals surface area contributed by atoms with Crippen molar-refractivity contribution in [3.63, 3.8) is 0 Å². The van der Waals surface area contributed by atoms with Gasteiger partial charge in [0.05, 0.1) is 0 Å². The molecule has 32 heavy (non-hydrogen) atoms. The van der Waals surface area contributed by atoms with Crippen LogP contribution in [0.25, 0.3) is 0 Å². The summed E-state index contributed by atoms with van der Waals surface area (Å²) in [5.74, 6) is 0. The van der Waals surface area contributed by atoms with Crippen LogP contribution in [0.2, 0.25) is 0 Å². The molecule has 0 unspecified atom stereocenters. The Balaban J connectivity index is -0.000000491. The molecule has 0 aliphatic heterocycles. The predicted molar refractivity (Wildman–Crippen MR) is 150 cm³/mol. The van der Waals surface area contributed by atoms with Gasteiger partial charge in [0.25, 0.3) is 0 Å². The van der Waals surface area contributed by atoms with Crippen molar-refractivity contribution < 1.29 is 0 Å². The number of allylic oxidation sites excluding steroid dienone is 8. The van der Waals surface area contributed by atoms with Gasteiger partial charge in [0.1, 0.15) is 0 Å². The van der Waals surface area contributed by atoms with Crippen LogP contribution in [-0.4, -0.2) is 11.4 Å². The second-order valence-corrected chi connectivity index (χ2v) is 9.61. The molecule has 2 heteroatoms. The van der Waals surface area contributed by atoms with Gasteiger partial charge in [-0.05, 0) is 32.3 Å². The van der Waals surface area contributed by atoms with E-state index in [1.165, 1.54) is 0 Å². The lowest BCUT2D eigenvalue weighted by Crippen LogP contribution is -2.36. The zero-order chi connectivity index (χ0) is 26.3. The maximum atomic E-state index is 8.23. The van der Waals surface area contributed by atoms with Crippen molar-refractivity contribution in [2.24, 2.45) is 16.2 Å². The lowest BCUT2D eigenvalue weighted by molar-refractivity contribution is 0.459. The first kappa shape index (κ1) is 34.4. The largest absolute Gasteiger partial charge is 0.308 e. The summed E-state index contributed by atoms with van der Waals surface area (Å²) in [4.78, 5) is 0. The van der Waals surface area contributed by atoms with Crippen molar-refractivity contribution in [1.82, 2.24) is 0 Å². The molecule has 0 radical (unpaired) electrons. The third kappa shape index (κ3) is 10.9. The number of hydrogen-bond acceptors (Lipinski definition) is 2. The van der Waals surface area contributed by atoms with E-state index in [0.717, 1.165) is 35.3 Å². The van der Waals surface area contributed by atoms with Crippen molar-refractivity contribution in [2.45, 2.75) is 89.0 Å².